The molecule has 10 heteroatoms. The van der Waals surface area contributed by atoms with Crippen LogP contribution in [0.2, 0.25) is 0 Å². The predicted molar refractivity (Wildman–Crippen MR) is 84.4 cm³/mol. The number of benzene rings is 1. The Labute approximate surface area is 151 Å². The second-order valence-corrected chi connectivity index (χ2v) is 5.90. The largest absolute Gasteiger partial charge is 0.417 e. The number of carbonyl (C=O) groups excluding carboxylic acids is 1. The lowest BCUT2D eigenvalue weighted by Gasteiger charge is -2.33. The van der Waals surface area contributed by atoms with Crippen LogP contribution in [0, 0.1) is 6.07 Å². The summed E-state index contributed by atoms with van der Waals surface area (Å²) in [6.07, 6.45) is -8.89. The molecule has 4 nitrogen and oxygen atoms in total. The minimum absolute atomic E-state index is 0.0272. The molecule has 1 N–H and O–H groups in total. The molecule has 2 rings (SSSR count). The molecule has 1 heterocycles. The van der Waals surface area contributed by atoms with Crippen molar-refractivity contribution in [2.24, 2.45) is 0 Å². The van der Waals surface area contributed by atoms with Gasteiger partial charge in [0.25, 0.3) is 0 Å². The summed E-state index contributed by atoms with van der Waals surface area (Å²) in [7, 11) is 0. The lowest BCUT2D eigenvalue weighted by Crippen LogP contribution is -2.48. The van der Waals surface area contributed by atoms with Crippen LogP contribution in [0.3, 0.4) is 0 Å². The summed E-state index contributed by atoms with van der Waals surface area (Å²) in [5, 5.41) is 8.87. The van der Waals surface area contributed by atoms with Crippen LogP contribution in [-0.2, 0) is 17.1 Å². The van der Waals surface area contributed by atoms with Crippen LogP contribution in [0.15, 0.2) is 18.2 Å². The van der Waals surface area contributed by atoms with E-state index >= 15 is 0 Å². The number of rotatable bonds is 4. The van der Waals surface area contributed by atoms with Crippen molar-refractivity contribution in [3.8, 4) is 0 Å². The van der Waals surface area contributed by atoms with Gasteiger partial charge in [0.2, 0.25) is 5.91 Å². The number of aliphatic hydroxyl groups excluding tert-OH is 1. The zero-order valence-electron chi connectivity index (χ0n) is 14.1. The van der Waals surface area contributed by atoms with Crippen molar-refractivity contribution in [1.29, 1.82) is 0 Å². The highest BCUT2D eigenvalue weighted by Crippen LogP contribution is 2.42. The van der Waals surface area contributed by atoms with E-state index in [1.165, 1.54) is 4.90 Å². The fourth-order valence-corrected chi connectivity index (χ4v) is 2.78. The van der Waals surface area contributed by atoms with Crippen molar-refractivity contribution < 1.29 is 36.2 Å². The summed E-state index contributed by atoms with van der Waals surface area (Å²) in [5.41, 5.74) is -4.53. The molecule has 0 saturated carbocycles. The summed E-state index contributed by atoms with van der Waals surface area (Å²) in [6, 6.07) is 3.17. The highest BCUT2D eigenvalue weighted by molar-refractivity contribution is 5.92. The minimum atomic E-state index is -5.25. The molecule has 0 atom stereocenters. The molecule has 1 fully saturated rings. The Bertz CT molecular complexity index is 692. The van der Waals surface area contributed by atoms with Crippen molar-refractivity contribution in [3.05, 3.63) is 41.0 Å². The highest BCUT2D eigenvalue weighted by atomic mass is 19.4. The average Bonchev–Trinajstić information content (AvgIpc) is 2.58. The van der Waals surface area contributed by atoms with Crippen LogP contribution in [0.25, 0.3) is 6.08 Å². The second-order valence-electron chi connectivity index (χ2n) is 5.90. The topological polar surface area (TPSA) is 43.8 Å². The van der Waals surface area contributed by atoms with E-state index in [-0.39, 0.29) is 6.61 Å². The monoisotopic (exact) mass is 395 g/mol. The van der Waals surface area contributed by atoms with Crippen molar-refractivity contribution in [3.63, 3.8) is 0 Å². The average molecular weight is 395 g/mol. The van der Waals surface area contributed by atoms with E-state index < -0.39 is 35.0 Å². The molecule has 1 aromatic rings. The quantitative estimate of drug-likeness (QED) is 0.630. The van der Waals surface area contributed by atoms with Gasteiger partial charge in [-0.1, -0.05) is 12.1 Å². The van der Waals surface area contributed by atoms with Gasteiger partial charge in [-0.3, -0.25) is 9.69 Å². The summed E-state index contributed by atoms with van der Waals surface area (Å²) < 4.78 is 78.2. The summed E-state index contributed by atoms with van der Waals surface area (Å²) in [5.74, 6) is -0.590. The molecule has 27 heavy (non-hydrogen) atoms. The third-order valence-electron chi connectivity index (χ3n) is 4.10. The Kier molecular flexibility index (Phi) is 6.53. The minimum Gasteiger partial charge on any atom is -0.395 e. The van der Waals surface area contributed by atoms with Gasteiger partial charge in [0.15, 0.2) is 0 Å². The van der Waals surface area contributed by atoms with Crippen LogP contribution in [0.4, 0.5) is 26.3 Å². The van der Waals surface area contributed by atoms with Gasteiger partial charge in [-0.05, 0) is 17.7 Å². The summed E-state index contributed by atoms with van der Waals surface area (Å²) in [4.78, 5) is 15.4. The molecule has 149 valence electrons. The van der Waals surface area contributed by atoms with Gasteiger partial charge in [-0.15, -0.1) is 0 Å². The number of piperazine rings is 1. The van der Waals surface area contributed by atoms with Crippen molar-refractivity contribution in [1.82, 2.24) is 9.80 Å². The predicted octanol–water partition coefficient (Wildman–Crippen LogP) is 2.67. The van der Waals surface area contributed by atoms with Gasteiger partial charge in [-0.2, -0.15) is 26.3 Å². The maximum Gasteiger partial charge on any atom is 0.417 e. The Morgan fingerprint density at radius 3 is 2.26 bits per heavy atom. The van der Waals surface area contributed by atoms with Crippen molar-refractivity contribution in [2.45, 2.75) is 12.4 Å². The number of hydrogen-bond acceptors (Lipinski definition) is 3. The van der Waals surface area contributed by atoms with Crippen LogP contribution < -0.4 is 0 Å². The molecule has 0 spiro atoms. The zero-order valence-corrected chi connectivity index (χ0v) is 14.1. The zero-order chi connectivity index (χ0) is 20.2. The number of alkyl halides is 6. The fraction of sp³-hybridized carbons (Fsp3) is 0.471. The third kappa shape index (κ3) is 5.46. The molecule has 0 unspecified atom stereocenters. The van der Waals surface area contributed by atoms with E-state index in [0.717, 1.165) is 24.3 Å². The molecule has 0 aliphatic carbocycles. The van der Waals surface area contributed by atoms with Crippen molar-refractivity contribution >= 4 is 12.0 Å². The molecule has 1 amide bonds. The van der Waals surface area contributed by atoms with E-state index in [4.69, 9.17) is 5.11 Å². The Hall–Kier alpha value is -2.07. The Morgan fingerprint density at radius 2 is 1.74 bits per heavy atom. The first-order valence-corrected chi connectivity index (χ1v) is 8.03. The standard InChI is InChI=1S/C17H17F6N2O2/c18-16(19,20)13-3-1-2-12(15(13)17(21,22)23)4-5-14(27)25-8-6-24(7-9-25)10-11-26/h1-2,4-5,26H,6-11H2/b5-4+. The van der Waals surface area contributed by atoms with E-state index in [2.05, 4.69) is 0 Å². The molecule has 0 bridgehead atoms. The first-order valence-electron chi connectivity index (χ1n) is 8.03. The third-order valence-corrected chi connectivity index (χ3v) is 4.10. The molecule has 1 aromatic carbocycles. The Morgan fingerprint density at radius 1 is 1.11 bits per heavy atom. The lowest BCUT2D eigenvalue weighted by atomic mass is 9.99. The van der Waals surface area contributed by atoms with E-state index in [0.29, 0.717) is 32.7 Å². The van der Waals surface area contributed by atoms with Crippen LogP contribution >= 0.6 is 0 Å². The molecule has 0 aromatic heterocycles. The fourth-order valence-electron chi connectivity index (χ4n) is 2.78. The molecule has 1 aliphatic rings. The summed E-state index contributed by atoms with van der Waals surface area (Å²) >= 11 is 0. The Balaban J connectivity index is 2.21. The maximum atomic E-state index is 13.2. The number of nitrogens with zero attached hydrogens (tertiary/aromatic N) is 2. The van der Waals surface area contributed by atoms with Gasteiger partial charge >= 0.3 is 12.4 Å². The van der Waals surface area contributed by atoms with Gasteiger partial charge in [0, 0.05) is 38.8 Å². The first-order chi connectivity index (χ1) is 12.5. The molecule has 1 aliphatic heterocycles. The molecular weight excluding hydrogens is 378 g/mol. The van der Waals surface area contributed by atoms with Gasteiger partial charge in [0.1, 0.15) is 0 Å². The highest BCUT2D eigenvalue weighted by Gasteiger charge is 2.44. The SMILES string of the molecule is O=C(/C=C/c1cc[c]c(C(F)(F)F)c1C(F)(F)F)N1CCN(CCO)CC1. The van der Waals surface area contributed by atoms with Gasteiger partial charge in [-0.25, -0.2) is 0 Å². The summed E-state index contributed by atoms with van der Waals surface area (Å²) in [6.45, 7) is 2.03. The number of amides is 1. The van der Waals surface area contributed by atoms with Crippen molar-refractivity contribution in [2.75, 3.05) is 39.3 Å². The smallest absolute Gasteiger partial charge is 0.395 e. The number of carbonyl (C=O) groups is 1. The number of β-amino-alcohol motifs (C(OH)–C–C–N with tert-alkyl or cyclic N) is 1. The second kappa shape index (κ2) is 8.30. The first kappa shape index (κ1) is 21.2. The molecular formula is C17H17F6N2O2. The molecule has 1 radical (unpaired) electrons. The lowest BCUT2D eigenvalue weighted by molar-refractivity contribution is -0.162. The number of aliphatic hydroxyl groups is 1. The number of halogens is 6. The van der Waals surface area contributed by atoms with E-state index in [1.807, 2.05) is 4.90 Å². The van der Waals surface area contributed by atoms with Crippen LogP contribution in [0.5, 0.6) is 0 Å². The maximum absolute atomic E-state index is 13.2. The number of hydrogen-bond donors (Lipinski definition) is 1. The van der Waals surface area contributed by atoms with Crippen LogP contribution in [-0.4, -0.2) is 60.1 Å². The van der Waals surface area contributed by atoms with E-state index in [1.54, 1.807) is 6.07 Å². The van der Waals surface area contributed by atoms with Gasteiger partial charge < -0.3 is 10.0 Å². The van der Waals surface area contributed by atoms with Gasteiger partial charge in [0.05, 0.1) is 17.7 Å². The normalized spacial score (nSPS) is 16.9. The van der Waals surface area contributed by atoms with E-state index in [9.17, 15) is 31.1 Å². The molecule has 1 saturated heterocycles. The van der Waals surface area contributed by atoms with Crippen LogP contribution in [0.1, 0.15) is 16.7 Å².